The van der Waals surface area contributed by atoms with Crippen LogP contribution in [0.2, 0.25) is 0 Å². The Kier molecular flexibility index (Phi) is 6.65. The summed E-state index contributed by atoms with van der Waals surface area (Å²) in [5, 5.41) is 19.5. The number of methoxy groups -OCH3 is 1. The predicted molar refractivity (Wildman–Crippen MR) is 114 cm³/mol. The van der Waals surface area contributed by atoms with Crippen molar-refractivity contribution in [3.05, 3.63) is 54.1 Å². The Balaban J connectivity index is 1.85. The van der Waals surface area contributed by atoms with E-state index < -0.39 is 0 Å². The second-order valence-electron chi connectivity index (χ2n) is 7.47. The molecule has 1 amide bonds. The number of aryl methyl sites for hydroxylation is 2. The van der Waals surface area contributed by atoms with Crippen LogP contribution < -0.4 is 4.74 Å². The van der Waals surface area contributed by atoms with E-state index in [0.29, 0.717) is 35.7 Å². The van der Waals surface area contributed by atoms with Crippen LogP contribution in [0.1, 0.15) is 32.3 Å². The molecule has 29 heavy (non-hydrogen) atoms. The molecule has 1 aromatic heterocycles. The molecular formula is C23H27N3O3. The monoisotopic (exact) mass is 393 g/mol. The summed E-state index contributed by atoms with van der Waals surface area (Å²) < 4.78 is 7.12. The molecule has 0 aliphatic rings. The highest BCUT2D eigenvalue weighted by atomic mass is 16.5. The lowest BCUT2D eigenvalue weighted by atomic mass is 10.1. The molecule has 0 aliphatic heterocycles. The van der Waals surface area contributed by atoms with Crippen molar-refractivity contribution >= 4 is 22.5 Å². The third-order valence-electron chi connectivity index (χ3n) is 4.88. The van der Waals surface area contributed by atoms with Crippen molar-refractivity contribution in [1.29, 1.82) is 0 Å². The summed E-state index contributed by atoms with van der Waals surface area (Å²) in [6.45, 7) is 4.93. The minimum Gasteiger partial charge on any atom is -0.497 e. The highest BCUT2D eigenvalue weighted by molar-refractivity contribution is 5.96. The van der Waals surface area contributed by atoms with Gasteiger partial charge in [0, 0.05) is 18.4 Å². The van der Waals surface area contributed by atoms with E-state index in [1.165, 1.54) is 0 Å². The van der Waals surface area contributed by atoms with Gasteiger partial charge in [-0.2, -0.15) is 0 Å². The van der Waals surface area contributed by atoms with Gasteiger partial charge >= 0.3 is 0 Å². The molecule has 0 radical (unpaired) electrons. The highest BCUT2D eigenvalue weighted by Gasteiger charge is 2.18. The van der Waals surface area contributed by atoms with E-state index in [4.69, 9.17) is 4.74 Å². The van der Waals surface area contributed by atoms with Crippen LogP contribution in [-0.4, -0.2) is 22.7 Å². The van der Waals surface area contributed by atoms with Gasteiger partial charge in [0.25, 0.3) is 5.91 Å². The van der Waals surface area contributed by atoms with Gasteiger partial charge in [-0.1, -0.05) is 44.2 Å². The van der Waals surface area contributed by atoms with Crippen molar-refractivity contribution in [3.63, 3.8) is 0 Å². The maximum Gasteiger partial charge on any atom is 0.265 e. The summed E-state index contributed by atoms with van der Waals surface area (Å²) >= 11 is 0. The fraction of sp³-hybridized carbons (Fsp3) is 0.348. The van der Waals surface area contributed by atoms with Crippen LogP contribution in [0, 0.1) is 5.92 Å². The first kappa shape index (κ1) is 20.6. The second kappa shape index (κ2) is 9.37. The Bertz CT molecular complexity index is 1010. The van der Waals surface area contributed by atoms with Crippen molar-refractivity contribution in [3.8, 4) is 11.6 Å². The number of ether oxygens (including phenoxy) is 1. The number of rotatable bonds is 8. The minimum atomic E-state index is -0.320. The van der Waals surface area contributed by atoms with E-state index in [-0.39, 0.29) is 18.2 Å². The van der Waals surface area contributed by atoms with Gasteiger partial charge < -0.3 is 14.4 Å². The molecule has 6 heteroatoms. The summed E-state index contributed by atoms with van der Waals surface area (Å²) in [4.78, 5) is 12.2. The summed E-state index contributed by atoms with van der Waals surface area (Å²) in [6.07, 6.45) is 1.79. The Morgan fingerprint density at radius 2 is 1.93 bits per heavy atom. The normalized spacial score (nSPS) is 11.6. The van der Waals surface area contributed by atoms with Crippen LogP contribution in [0.15, 0.2) is 58.8 Å². The van der Waals surface area contributed by atoms with Gasteiger partial charge in [0.1, 0.15) is 5.75 Å². The number of amides is 1. The quantitative estimate of drug-likeness (QED) is 0.503. The first-order chi connectivity index (χ1) is 14.0. The lowest BCUT2D eigenvalue weighted by Gasteiger charge is -2.09. The van der Waals surface area contributed by atoms with Crippen molar-refractivity contribution in [2.24, 2.45) is 16.1 Å². The average molecular weight is 393 g/mol. The van der Waals surface area contributed by atoms with Gasteiger partial charge in [-0.15, -0.1) is 10.2 Å². The van der Waals surface area contributed by atoms with E-state index >= 15 is 0 Å². The number of fused-ring (bicyclic) bond motifs is 1. The van der Waals surface area contributed by atoms with Crippen molar-refractivity contribution < 1.29 is 14.6 Å². The smallest absolute Gasteiger partial charge is 0.265 e. The van der Waals surface area contributed by atoms with Gasteiger partial charge in [0.05, 0.1) is 12.6 Å². The van der Waals surface area contributed by atoms with E-state index in [1.807, 2.05) is 53.1 Å². The lowest BCUT2D eigenvalue weighted by Crippen LogP contribution is -2.00. The molecule has 0 saturated carbocycles. The van der Waals surface area contributed by atoms with Crippen LogP contribution in [-0.2, 0) is 17.8 Å². The fourth-order valence-electron chi connectivity index (χ4n) is 3.19. The zero-order valence-electron chi connectivity index (χ0n) is 17.1. The number of carbonyl (C=O) groups is 1. The maximum absolute atomic E-state index is 12.2. The number of hydrogen-bond acceptors (Lipinski definition) is 4. The third kappa shape index (κ3) is 5.02. The molecule has 0 aliphatic carbocycles. The molecule has 152 valence electrons. The first-order valence-corrected chi connectivity index (χ1v) is 9.87. The Hall–Kier alpha value is -3.15. The maximum atomic E-state index is 12.2. The van der Waals surface area contributed by atoms with E-state index in [0.717, 1.165) is 17.5 Å². The minimum absolute atomic E-state index is 0.0218. The van der Waals surface area contributed by atoms with Crippen LogP contribution in [0.5, 0.6) is 11.6 Å². The number of carbonyl (C=O) groups excluding carboxylic acids is 1. The van der Waals surface area contributed by atoms with Crippen molar-refractivity contribution in [1.82, 2.24) is 4.57 Å². The topological polar surface area (TPSA) is 76.2 Å². The van der Waals surface area contributed by atoms with Crippen LogP contribution >= 0.6 is 0 Å². The molecule has 0 bridgehead atoms. The SMILES string of the molecule is COc1ccc2c(c1)c(N=NC(=O)CCc1ccccc1)c(O)n2CCC(C)C. The molecule has 0 spiro atoms. The molecule has 6 nitrogen and oxygen atoms in total. The Morgan fingerprint density at radius 1 is 1.17 bits per heavy atom. The van der Waals surface area contributed by atoms with Crippen LogP contribution in [0.3, 0.4) is 0 Å². The van der Waals surface area contributed by atoms with Crippen molar-refractivity contribution in [2.75, 3.05) is 7.11 Å². The van der Waals surface area contributed by atoms with Gasteiger partial charge in [0.15, 0.2) is 5.69 Å². The summed E-state index contributed by atoms with van der Waals surface area (Å²) in [7, 11) is 1.59. The molecular weight excluding hydrogens is 366 g/mol. The molecule has 2 aromatic carbocycles. The average Bonchev–Trinajstić information content (AvgIpc) is 2.99. The lowest BCUT2D eigenvalue weighted by molar-refractivity contribution is -0.118. The number of aromatic hydroxyl groups is 1. The molecule has 0 saturated heterocycles. The molecule has 3 aromatic rings. The first-order valence-electron chi connectivity index (χ1n) is 9.87. The zero-order valence-corrected chi connectivity index (χ0v) is 17.1. The van der Waals surface area contributed by atoms with E-state index in [2.05, 4.69) is 24.1 Å². The molecule has 1 N–H and O–H groups in total. The molecule has 0 fully saturated rings. The van der Waals surface area contributed by atoms with Crippen LogP contribution in [0.4, 0.5) is 5.69 Å². The Morgan fingerprint density at radius 3 is 2.62 bits per heavy atom. The van der Waals surface area contributed by atoms with Gasteiger partial charge in [-0.25, -0.2) is 0 Å². The van der Waals surface area contributed by atoms with Crippen LogP contribution in [0.25, 0.3) is 10.9 Å². The number of aromatic nitrogens is 1. The Labute approximate surface area is 170 Å². The molecule has 0 unspecified atom stereocenters. The molecule has 3 rings (SSSR count). The van der Waals surface area contributed by atoms with E-state index in [9.17, 15) is 9.90 Å². The van der Waals surface area contributed by atoms with E-state index in [1.54, 1.807) is 7.11 Å². The van der Waals surface area contributed by atoms with Gasteiger partial charge in [0.2, 0.25) is 5.88 Å². The third-order valence-corrected chi connectivity index (χ3v) is 4.88. The number of hydrogen-bond donors (Lipinski definition) is 1. The number of nitrogens with zero attached hydrogens (tertiary/aromatic N) is 3. The summed E-state index contributed by atoms with van der Waals surface area (Å²) in [6, 6.07) is 15.3. The predicted octanol–water partition coefficient (Wildman–Crippen LogP) is 5.64. The molecule has 0 atom stereocenters. The number of benzene rings is 2. The molecule has 1 heterocycles. The summed E-state index contributed by atoms with van der Waals surface area (Å²) in [5.41, 5.74) is 2.22. The fourth-order valence-corrected chi connectivity index (χ4v) is 3.19. The van der Waals surface area contributed by atoms with Gasteiger partial charge in [-0.05, 0) is 42.5 Å². The second-order valence-corrected chi connectivity index (χ2v) is 7.47. The summed E-state index contributed by atoms with van der Waals surface area (Å²) in [5.74, 6) is 0.854. The largest absolute Gasteiger partial charge is 0.497 e. The standard InChI is InChI=1S/C23H27N3O3/c1-16(2)13-14-26-20-11-10-18(29-3)15-19(20)22(23(26)28)25-24-21(27)12-9-17-7-5-4-6-8-17/h4-8,10-11,15-16,28H,9,12-14H2,1-3H3. The van der Waals surface area contributed by atoms with Gasteiger partial charge in [-0.3, -0.25) is 4.79 Å². The van der Waals surface area contributed by atoms with Crippen molar-refractivity contribution in [2.45, 2.75) is 39.7 Å². The highest BCUT2D eigenvalue weighted by Crippen LogP contribution is 2.40. The zero-order chi connectivity index (χ0) is 20.8. The number of azo groups is 1.